The topological polar surface area (TPSA) is 95.9 Å². The summed E-state index contributed by atoms with van der Waals surface area (Å²) in [5.41, 5.74) is 2.48. The highest BCUT2D eigenvalue weighted by Crippen LogP contribution is 2.36. The number of hydroxylamine groups is 1. The zero-order valence-corrected chi connectivity index (χ0v) is 17.5. The molecule has 7 nitrogen and oxygen atoms in total. The number of rotatable bonds is 6. The molecule has 1 heterocycles. The fourth-order valence-corrected chi connectivity index (χ4v) is 5.47. The van der Waals surface area contributed by atoms with Gasteiger partial charge in [-0.15, -0.1) is 0 Å². The molecule has 1 aliphatic heterocycles. The molecule has 0 bridgehead atoms. The molecule has 0 saturated carbocycles. The van der Waals surface area contributed by atoms with E-state index in [1.807, 2.05) is 24.1 Å². The summed E-state index contributed by atoms with van der Waals surface area (Å²) < 4.78 is 30.6. The number of ether oxygens (including phenoxy) is 1. The Morgan fingerprint density at radius 2 is 1.72 bits per heavy atom. The number of likely N-dealkylation sites (tertiary alicyclic amines) is 1. The lowest BCUT2D eigenvalue weighted by atomic mass is 9.95. The van der Waals surface area contributed by atoms with E-state index in [9.17, 15) is 13.2 Å². The first-order chi connectivity index (χ1) is 13.8. The van der Waals surface area contributed by atoms with Gasteiger partial charge in [0.15, 0.2) is 14.6 Å². The van der Waals surface area contributed by atoms with Crippen LogP contribution in [0, 0.1) is 0 Å². The molecule has 2 N–H and O–H groups in total. The Hall–Kier alpha value is -2.13. The molecule has 2 aromatic carbocycles. The van der Waals surface area contributed by atoms with Crippen LogP contribution in [0.15, 0.2) is 53.4 Å². The number of hydrogen-bond donors (Lipinski definition) is 2. The summed E-state index contributed by atoms with van der Waals surface area (Å²) >= 11 is 5.86. The zero-order chi connectivity index (χ0) is 21.1. The molecule has 0 aliphatic carbocycles. The van der Waals surface area contributed by atoms with Crippen LogP contribution in [0.5, 0.6) is 5.75 Å². The van der Waals surface area contributed by atoms with Crippen molar-refractivity contribution < 1.29 is 23.2 Å². The van der Waals surface area contributed by atoms with Crippen molar-refractivity contribution in [2.24, 2.45) is 0 Å². The van der Waals surface area contributed by atoms with E-state index >= 15 is 0 Å². The third-order valence-electron chi connectivity index (χ3n) is 5.28. The highest BCUT2D eigenvalue weighted by atomic mass is 35.5. The van der Waals surface area contributed by atoms with E-state index in [0.29, 0.717) is 30.5 Å². The van der Waals surface area contributed by atoms with Crippen molar-refractivity contribution in [3.63, 3.8) is 0 Å². The lowest BCUT2D eigenvalue weighted by molar-refractivity contribution is -0.133. The zero-order valence-electron chi connectivity index (χ0n) is 16.0. The molecule has 1 aliphatic rings. The number of carbonyl (C=O) groups excluding carboxylic acids is 1. The SMILES string of the molecule is CN1CCC(C(=O)NO)(S(=O)(=O)c2ccc(OCc3ccc(Cl)cc3)cc2)CC1. The smallest absolute Gasteiger partial charge is 0.265 e. The average Bonchev–Trinajstić information content (AvgIpc) is 2.73. The molecule has 3 rings (SSSR count). The molecule has 156 valence electrons. The van der Waals surface area contributed by atoms with E-state index in [-0.39, 0.29) is 17.7 Å². The Labute approximate surface area is 175 Å². The van der Waals surface area contributed by atoms with E-state index in [2.05, 4.69) is 0 Å². The molecule has 2 aromatic rings. The monoisotopic (exact) mass is 438 g/mol. The minimum atomic E-state index is -4.02. The number of benzene rings is 2. The van der Waals surface area contributed by atoms with Gasteiger partial charge < -0.3 is 9.64 Å². The van der Waals surface area contributed by atoms with Crippen LogP contribution < -0.4 is 10.2 Å². The van der Waals surface area contributed by atoms with Gasteiger partial charge in [0.05, 0.1) is 4.90 Å². The summed E-state index contributed by atoms with van der Waals surface area (Å²) in [5.74, 6) is -0.392. The molecule has 0 aromatic heterocycles. The Bertz CT molecular complexity index is 953. The van der Waals surface area contributed by atoms with Gasteiger partial charge in [-0.1, -0.05) is 23.7 Å². The fraction of sp³-hybridized carbons (Fsp3) is 0.350. The van der Waals surface area contributed by atoms with Crippen molar-refractivity contribution in [2.75, 3.05) is 20.1 Å². The number of sulfone groups is 1. The molecule has 9 heteroatoms. The molecule has 0 unspecified atom stereocenters. The largest absolute Gasteiger partial charge is 0.489 e. The highest BCUT2D eigenvalue weighted by molar-refractivity contribution is 7.93. The third-order valence-corrected chi connectivity index (χ3v) is 8.04. The first kappa shape index (κ1) is 21.6. The Morgan fingerprint density at radius 1 is 1.14 bits per heavy atom. The summed E-state index contributed by atoms with van der Waals surface area (Å²) in [5, 5.41) is 9.80. The van der Waals surface area contributed by atoms with Crippen LogP contribution >= 0.6 is 11.6 Å². The summed E-state index contributed by atoms with van der Waals surface area (Å²) in [6, 6.07) is 13.2. The van der Waals surface area contributed by atoms with Crippen LogP contribution in [0.25, 0.3) is 0 Å². The minimum Gasteiger partial charge on any atom is -0.489 e. The van der Waals surface area contributed by atoms with Gasteiger partial charge in [0.25, 0.3) is 5.91 Å². The maximum atomic E-state index is 13.3. The molecule has 29 heavy (non-hydrogen) atoms. The number of hydrogen-bond acceptors (Lipinski definition) is 6. The molecular formula is C20H23ClN2O5S. The molecule has 0 radical (unpaired) electrons. The second-order valence-corrected chi connectivity index (χ2v) is 9.82. The maximum absolute atomic E-state index is 13.3. The molecule has 1 amide bonds. The van der Waals surface area contributed by atoms with Gasteiger partial charge in [0.1, 0.15) is 12.4 Å². The van der Waals surface area contributed by atoms with Crippen LogP contribution in [0.4, 0.5) is 0 Å². The van der Waals surface area contributed by atoms with Gasteiger partial charge in [-0.2, -0.15) is 0 Å². The van der Waals surface area contributed by atoms with Gasteiger partial charge in [-0.25, -0.2) is 13.9 Å². The van der Waals surface area contributed by atoms with Crippen LogP contribution in [0.1, 0.15) is 18.4 Å². The van der Waals surface area contributed by atoms with Crippen LogP contribution in [0.3, 0.4) is 0 Å². The number of nitrogens with zero attached hydrogens (tertiary/aromatic N) is 1. The molecule has 1 fully saturated rings. The summed E-state index contributed by atoms with van der Waals surface area (Å²) in [4.78, 5) is 14.3. The van der Waals surface area contributed by atoms with Crippen molar-refractivity contribution in [1.29, 1.82) is 0 Å². The van der Waals surface area contributed by atoms with E-state index in [1.54, 1.807) is 29.7 Å². The summed E-state index contributed by atoms with van der Waals surface area (Å²) in [7, 11) is -2.15. The fourth-order valence-electron chi connectivity index (χ4n) is 3.39. The van der Waals surface area contributed by atoms with Crippen LogP contribution in [-0.4, -0.2) is 49.3 Å². The van der Waals surface area contributed by atoms with E-state index in [0.717, 1.165) is 5.56 Å². The first-order valence-corrected chi connectivity index (χ1v) is 11.0. The lowest BCUT2D eigenvalue weighted by Gasteiger charge is -2.38. The van der Waals surface area contributed by atoms with Crippen LogP contribution in [0.2, 0.25) is 5.02 Å². The molecule has 0 atom stereocenters. The minimum absolute atomic E-state index is 0.0181. The van der Waals surface area contributed by atoms with Gasteiger partial charge in [0.2, 0.25) is 0 Å². The molecule has 0 spiro atoms. The highest BCUT2D eigenvalue weighted by Gasteiger charge is 2.52. The van der Waals surface area contributed by atoms with Gasteiger partial charge in [0, 0.05) is 5.02 Å². The van der Waals surface area contributed by atoms with Crippen molar-refractivity contribution >= 4 is 27.3 Å². The third kappa shape index (κ3) is 4.40. The van der Waals surface area contributed by atoms with Gasteiger partial charge in [-0.05, 0) is 74.9 Å². The summed E-state index contributed by atoms with van der Waals surface area (Å²) in [6.45, 7) is 1.19. The second-order valence-electron chi connectivity index (χ2n) is 7.13. The standard InChI is InChI=1S/C20H23ClN2O5S/c1-23-12-10-20(11-13-23,19(24)22-25)29(26,27)18-8-6-17(7-9-18)28-14-15-2-4-16(21)5-3-15/h2-9,25H,10-14H2,1H3,(H,22,24). The molecule has 1 saturated heterocycles. The number of amides is 1. The van der Waals surface area contributed by atoms with Crippen molar-refractivity contribution in [3.8, 4) is 5.75 Å². The lowest BCUT2D eigenvalue weighted by Crippen LogP contribution is -2.57. The van der Waals surface area contributed by atoms with Crippen molar-refractivity contribution in [2.45, 2.75) is 29.1 Å². The quantitative estimate of drug-likeness (QED) is 0.531. The van der Waals surface area contributed by atoms with Crippen molar-refractivity contribution in [1.82, 2.24) is 10.4 Å². The van der Waals surface area contributed by atoms with Gasteiger partial charge >= 0.3 is 0 Å². The number of piperidine rings is 1. The molecular weight excluding hydrogens is 416 g/mol. The predicted molar refractivity (Wildman–Crippen MR) is 109 cm³/mol. The Balaban J connectivity index is 1.79. The average molecular weight is 439 g/mol. The van der Waals surface area contributed by atoms with Crippen LogP contribution in [-0.2, 0) is 21.2 Å². The van der Waals surface area contributed by atoms with E-state index in [1.165, 1.54) is 12.1 Å². The number of carbonyl (C=O) groups is 1. The Kier molecular flexibility index (Phi) is 6.48. The summed E-state index contributed by atoms with van der Waals surface area (Å²) in [6.07, 6.45) is 0.208. The normalized spacial score (nSPS) is 16.9. The number of halogens is 1. The van der Waals surface area contributed by atoms with E-state index < -0.39 is 20.5 Å². The van der Waals surface area contributed by atoms with Gasteiger partial charge in [-0.3, -0.25) is 10.0 Å². The first-order valence-electron chi connectivity index (χ1n) is 9.13. The van der Waals surface area contributed by atoms with E-state index in [4.69, 9.17) is 21.5 Å². The predicted octanol–water partition coefficient (Wildman–Crippen LogP) is 2.66. The Morgan fingerprint density at radius 3 is 2.28 bits per heavy atom. The maximum Gasteiger partial charge on any atom is 0.265 e. The number of nitrogens with one attached hydrogen (secondary N) is 1. The van der Waals surface area contributed by atoms with Crippen molar-refractivity contribution in [3.05, 3.63) is 59.1 Å². The second kappa shape index (κ2) is 8.71.